The molecule has 5 rings (SSSR count). The molecule has 1 aliphatic heterocycles. The van der Waals surface area contributed by atoms with E-state index in [0.717, 1.165) is 16.8 Å². The average molecular weight is 468 g/mol. The molecule has 0 aliphatic carbocycles. The van der Waals surface area contributed by atoms with E-state index < -0.39 is 10.0 Å². The number of hydrogen-bond acceptors (Lipinski definition) is 6. The molecule has 0 unspecified atom stereocenters. The predicted molar refractivity (Wildman–Crippen MR) is 119 cm³/mol. The number of rotatable bonds is 4. The standard InChI is InChI=1S/C23H22FN5O3S/c1-14-4-9-20(15(2)12-14)33(30,31)29-11-10-19-18(13-29)21(27-28(19)3)23-26-25-22(32-23)16-5-7-17(24)8-6-16/h4-9,12H,10-11,13H2,1-3H3. The molecule has 4 aromatic rings. The Hall–Kier alpha value is -3.37. The summed E-state index contributed by atoms with van der Waals surface area (Å²) in [6.07, 6.45) is 0.516. The van der Waals surface area contributed by atoms with Gasteiger partial charge in [0.2, 0.25) is 15.9 Å². The van der Waals surface area contributed by atoms with Crippen molar-refractivity contribution >= 4 is 10.0 Å². The zero-order valence-electron chi connectivity index (χ0n) is 18.4. The second kappa shape index (κ2) is 7.89. The van der Waals surface area contributed by atoms with Crippen molar-refractivity contribution in [3.63, 3.8) is 0 Å². The van der Waals surface area contributed by atoms with Crippen molar-refractivity contribution in [3.8, 4) is 23.0 Å². The Morgan fingerprint density at radius 2 is 1.76 bits per heavy atom. The summed E-state index contributed by atoms with van der Waals surface area (Å²) in [6.45, 7) is 4.25. The quantitative estimate of drug-likeness (QED) is 0.455. The van der Waals surface area contributed by atoms with Gasteiger partial charge in [0.1, 0.15) is 5.82 Å². The molecule has 0 saturated heterocycles. The minimum Gasteiger partial charge on any atom is -0.415 e. The first-order valence-corrected chi connectivity index (χ1v) is 11.9. The van der Waals surface area contributed by atoms with Crippen molar-refractivity contribution in [2.45, 2.75) is 31.7 Å². The SMILES string of the molecule is Cc1ccc(S(=O)(=O)N2CCc3c(c(-c4nnc(-c5ccc(F)cc5)o4)nn3C)C2)c(C)c1. The summed E-state index contributed by atoms with van der Waals surface area (Å²) in [4.78, 5) is 0.304. The van der Waals surface area contributed by atoms with Crippen LogP contribution >= 0.6 is 0 Å². The second-order valence-corrected chi connectivity index (χ2v) is 10.1. The Morgan fingerprint density at radius 1 is 1.03 bits per heavy atom. The molecular weight excluding hydrogens is 445 g/mol. The highest BCUT2D eigenvalue weighted by molar-refractivity contribution is 7.89. The number of sulfonamides is 1. The molecule has 8 nitrogen and oxygen atoms in total. The number of benzene rings is 2. The van der Waals surface area contributed by atoms with Crippen molar-refractivity contribution in [2.75, 3.05) is 6.54 Å². The Morgan fingerprint density at radius 3 is 2.48 bits per heavy atom. The highest BCUT2D eigenvalue weighted by atomic mass is 32.2. The van der Waals surface area contributed by atoms with Crippen LogP contribution in [0.5, 0.6) is 0 Å². The molecule has 0 amide bonds. The highest BCUT2D eigenvalue weighted by Gasteiger charge is 2.34. The fourth-order valence-corrected chi connectivity index (χ4v) is 5.82. The van der Waals surface area contributed by atoms with E-state index in [4.69, 9.17) is 4.42 Å². The lowest BCUT2D eigenvalue weighted by atomic mass is 10.1. The first kappa shape index (κ1) is 21.5. The lowest BCUT2D eigenvalue weighted by molar-refractivity contribution is 0.385. The van der Waals surface area contributed by atoms with Crippen LogP contribution in [0.1, 0.15) is 22.4 Å². The number of halogens is 1. The molecule has 0 radical (unpaired) electrons. The van der Waals surface area contributed by atoms with Crippen LogP contribution in [0.25, 0.3) is 23.0 Å². The molecule has 0 atom stereocenters. The van der Waals surface area contributed by atoms with Gasteiger partial charge in [0.25, 0.3) is 5.89 Å². The van der Waals surface area contributed by atoms with Gasteiger partial charge in [0.15, 0.2) is 5.69 Å². The summed E-state index contributed by atoms with van der Waals surface area (Å²) in [5.41, 5.74) is 4.43. The minimum atomic E-state index is -3.69. The summed E-state index contributed by atoms with van der Waals surface area (Å²) in [7, 11) is -1.88. The molecule has 0 N–H and O–H groups in total. The number of aromatic nitrogens is 4. The van der Waals surface area contributed by atoms with E-state index in [1.54, 1.807) is 35.9 Å². The lowest BCUT2D eigenvalue weighted by Gasteiger charge is -2.27. The molecule has 170 valence electrons. The van der Waals surface area contributed by atoms with Crippen molar-refractivity contribution in [3.05, 3.63) is 70.7 Å². The molecule has 1 aliphatic rings. The number of hydrogen-bond donors (Lipinski definition) is 0. The van der Waals surface area contributed by atoms with E-state index in [0.29, 0.717) is 34.7 Å². The van der Waals surface area contributed by atoms with Crippen LogP contribution in [-0.2, 0) is 30.0 Å². The third kappa shape index (κ3) is 3.75. The van der Waals surface area contributed by atoms with Gasteiger partial charge in [-0.3, -0.25) is 4.68 Å². The van der Waals surface area contributed by atoms with E-state index in [2.05, 4.69) is 15.3 Å². The van der Waals surface area contributed by atoms with Gasteiger partial charge in [-0.1, -0.05) is 17.7 Å². The van der Waals surface area contributed by atoms with E-state index in [1.165, 1.54) is 16.4 Å². The largest absolute Gasteiger partial charge is 0.415 e. The third-order valence-electron chi connectivity index (χ3n) is 5.87. The fraction of sp³-hybridized carbons (Fsp3) is 0.261. The molecule has 0 saturated carbocycles. The number of aryl methyl sites for hydroxylation is 3. The van der Waals surface area contributed by atoms with Gasteiger partial charge in [-0.2, -0.15) is 9.40 Å². The summed E-state index contributed by atoms with van der Waals surface area (Å²) >= 11 is 0. The van der Waals surface area contributed by atoms with Gasteiger partial charge < -0.3 is 4.42 Å². The van der Waals surface area contributed by atoms with Gasteiger partial charge in [0.05, 0.1) is 4.90 Å². The molecule has 0 spiro atoms. The average Bonchev–Trinajstić information content (AvgIpc) is 3.39. The van der Waals surface area contributed by atoms with E-state index in [9.17, 15) is 12.8 Å². The highest BCUT2D eigenvalue weighted by Crippen LogP contribution is 2.33. The zero-order chi connectivity index (χ0) is 23.3. The Balaban J connectivity index is 1.50. The van der Waals surface area contributed by atoms with Crippen LogP contribution in [0.2, 0.25) is 0 Å². The summed E-state index contributed by atoms with van der Waals surface area (Å²) in [5.74, 6) is 0.0688. The molecule has 33 heavy (non-hydrogen) atoms. The van der Waals surface area contributed by atoms with Crippen molar-refractivity contribution in [1.29, 1.82) is 0 Å². The first-order valence-electron chi connectivity index (χ1n) is 10.5. The topological polar surface area (TPSA) is 94.1 Å². The summed E-state index contributed by atoms with van der Waals surface area (Å²) < 4.78 is 49.1. The Labute approximate surface area is 190 Å². The van der Waals surface area contributed by atoms with E-state index in [-0.39, 0.29) is 24.1 Å². The van der Waals surface area contributed by atoms with Crippen LogP contribution in [0, 0.1) is 19.7 Å². The normalized spacial score (nSPS) is 14.4. The maximum absolute atomic E-state index is 13.4. The molecule has 0 fully saturated rings. The molecule has 3 heterocycles. The van der Waals surface area contributed by atoms with Gasteiger partial charge in [0, 0.05) is 43.4 Å². The molecule has 2 aromatic carbocycles. The molecule has 2 aromatic heterocycles. The van der Waals surface area contributed by atoms with Crippen LogP contribution in [0.15, 0.2) is 51.8 Å². The predicted octanol–water partition coefficient (Wildman–Crippen LogP) is 3.64. The molecular formula is C23H22FN5O3S. The van der Waals surface area contributed by atoms with Gasteiger partial charge >= 0.3 is 0 Å². The van der Waals surface area contributed by atoms with Crippen molar-refractivity contribution < 1.29 is 17.2 Å². The number of nitrogens with zero attached hydrogens (tertiary/aromatic N) is 5. The van der Waals surface area contributed by atoms with Gasteiger partial charge in [-0.25, -0.2) is 12.8 Å². The van der Waals surface area contributed by atoms with E-state index >= 15 is 0 Å². The van der Waals surface area contributed by atoms with Crippen LogP contribution in [0.4, 0.5) is 4.39 Å². The maximum Gasteiger partial charge on any atom is 0.268 e. The third-order valence-corrected chi connectivity index (χ3v) is 7.88. The Kier molecular flexibility index (Phi) is 5.13. The van der Waals surface area contributed by atoms with Gasteiger partial charge in [-0.05, 0) is 49.7 Å². The monoisotopic (exact) mass is 467 g/mol. The minimum absolute atomic E-state index is 0.155. The van der Waals surface area contributed by atoms with Crippen LogP contribution in [-0.4, -0.2) is 39.2 Å². The second-order valence-electron chi connectivity index (χ2n) is 8.17. The van der Waals surface area contributed by atoms with E-state index in [1.807, 2.05) is 20.0 Å². The maximum atomic E-state index is 13.4. The molecule has 10 heteroatoms. The summed E-state index contributed by atoms with van der Waals surface area (Å²) in [6, 6.07) is 11.1. The lowest BCUT2D eigenvalue weighted by Crippen LogP contribution is -2.36. The smallest absolute Gasteiger partial charge is 0.268 e. The Bertz CT molecular complexity index is 1460. The van der Waals surface area contributed by atoms with Crippen LogP contribution in [0.3, 0.4) is 0 Å². The summed E-state index contributed by atoms with van der Waals surface area (Å²) in [5, 5.41) is 12.7. The number of fused-ring (bicyclic) bond motifs is 1. The van der Waals surface area contributed by atoms with Gasteiger partial charge in [-0.15, -0.1) is 10.2 Å². The van der Waals surface area contributed by atoms with Crippen molar-refractivity contribution in [1.82, 2.24) is 24.3 Å². The first-order chi connectivity index (χ1) is 15.7. The van der Waals surface area contributed by atoms with Crippen LogP contribution < -0.4 is 0 Å². The molecule has 0 bridgehead atoms. The fourth-order valence-electron chi connectivity index (χ4n) is 4.20. The zero-order valence-corrected chi connectivity index (χ0v) is 19.2. The van der Waals surface area contributed by atoms with Crippen molar-refractivity contribution in [2.24, 2.45) is 7.05 Å².